The summed E-state index contributed by atoms with van der Waals surface area (Å²) in [6, 6.07) is 30.4. The highest BCUT2D eigenvalue weighted by molar-refractivity contribution is 5.15. The van der Waals surface area contributed by atoms with E-state index in [-0.39, 0.29) is 30.7 Å². The normalized spacial score (nSPS) is 26.4. The van der Waals surface area contributed by atoms with E-state index in [0.717, 1.165) is 16.7 Å². The van der Waals surface area contributed by atoms with Gasteiger partial charge >= 0.3 is 0 Å². The van der Waals surface area contributed by atoms with Gasteiger partial charge in [-0.25, -0.2) is 0 Å². The molecule has 0 aromatic heterocycles. The lowest BCUT2D eigenvalue weighted by molar-refractivity contribution is -0.192. The van der Waals surface area contributed by atoms with Crippen molar-refractivity contribution in [3.05, 3.63) is 108 Å². The minimum atomic E-state index is -0.293. The van der Waals surface area contributed by atoms with Crippen molar-refractivity contribution >= 4 is 0 Å². The molecule has 32 heavy (non-hydrogen) atoms. The Bertz CT molecular complexity index is 950. The van der Waals surface area contributed by atoms with Gasteiger partial charge in [-0.05, 0) is 16.7 Å². The summed E-state index contributed by atoms with van der Waals surface area (Å²) >= 11 is 0. The van der Waals surface area contributed by atoms with E-state index in [1.54, 1.807) is 0 Å². The molecule has 0 amide bonds. The second-order valence-electron chi connectivity index (χ2n) is 8.17. The van der Waals surface area contributed by atoms with Gasteiger partial charge in [0.25, 0.3) is 0 Å². The molecule has 5 nitrogen and oxygen atoms in total. The highest BCUT2D eigenvalue weighted by atomic mass is 16.8. The first-order chi connectivity index (χ1) is 15.9. The molecule has 5 unspecified atom stereocenters. The number of epoxide rings is 1. The van der Waals surface area contributed by atoms with Gasteiger partial charge in [0.15, 0.2) is 6.29 Å². The van der Waals surface area contributed by atoms with E-state index in [0.29, 0.717) is 26.4 Å². The molecule has 3 aromatic rings. The van der Waals surface area contributed by atoms with Crippen molar-refractivity contribution in [1.29, 1.82) is 0 Å². The third-order valence-corrected chi connectivity index (χ3v) is 5.77. The monoisotopic (exact) mass is 432 g/mol. The lowest BCUT2D eigenvalue weighted by atomic mass is 10.0. The van der Waals surface area contributed by atoms with Crippen molar-refractivity contribution in [3.8, 4) is 0 Å². The predicted molar refractivity (Wildman–Crippen MR) is 120 cm³/mol. The maximum absolute atomic E-state index is 6.37. The number of ether oxygens (including phenoxy) is 5. The number of rotatable bonds is 10. The summed E-state index contributed by atoms with van der Waals surface area (Å²) in [5.74, 6) is 0. The van der Waals surface area contributed by atoms with Crippen LogP contribution in [0, 0.1) is 0 Å². The van der Waals surface area contributed by atoms with E-state index in [1.165, 1.54) is 0 Å². The van der Waals surface area contributed by atoms with Crippen LogP contribution in [-0.2, 0) is 43.5 Å². The summed E-state index contributed by atoms with van der Waals surface area (Å²) in [6.45, 7) is 1.91. The molecule has 0 bridgehead atoms. The van der Waals surface area contributed by atoms with Gasteiger partial charge in [0, 0.05) is 0 Å². The molecule has 5 heteroatoms. The molecule has 2 aliphatic rings. The van der Waals surface area contributed by atoms with Crippen LogP contribution >= 0.6 is 0 Å². The van der Waals surface area contributed by atoms with Gasteiger partial charge in [-0.2, -0.15) is 0 Å². The van der Waals surface area contributed by atoms with Crippen molar-refractivity contribution in [2.45, 2.75) is 50.5 Å². The van der Waals surface area contributed by atoms with E-state index in [9.17, 15) is 0 Å². The molecule has 166 valence electrons. The van der Waals surface area contributed by atoms with Crippen molar-refractivity contribution in [2.24, 2.45) is 0 Å². The summed E-state index contributed by atoms with van der Waals surface area (Å²) in [5.41, 5.74) is 3.36. The molecule has 5 rings (SSSR count). The molecule has 0 N–H and O–H groups in total. The summed E-state index contributed by atoms with van der Waals surface area (Å²) in [6.07, 6.45) is -1.14. The number of hydrogen-bond donors (Lipinski definition) is 0. The topological polar surface area (TPSA) is 49.5 Å². The Hall–Kier alpha value is -2.54. The van der Waals surface area contributed by atoms with Gasteiger partial charge in [0.1, 0.15) is 24.4 Å². The second-order valence-corrected chi connectivity index (χ2v) is 8.17. The first kappa shape index (κ1) is 21.3. The van der Waals surface area contributed by atoms with Gasteiger partial charge in [0.2, 0.25) is 0 Å². The van der Waals surface area contributed by atoms with Crippen LogP contribution in [0.25, 0.3) is 0 Å². The SMILES string of the molecule is c1ccc(COCC2OC3OC3C(OCc3ccccc3)C2OCc2ccccc2)cc1. The quantitative estimate of drug-likeness (QED) is 0.442. The zero-order valence-corrected chi connectivity index (χ0v) is 17.9. The van der Waals surface area contributed by atoms with Crippen LogP contribution in [0.1, 0.15) is 16.7 Å². The highest BCUT2D eigenvalue weighted by Crippen LogP contribution is 2.39. The summed E-state index contributed by atoms with van der Waals surface area (Å²) in [7, 11) is 0. The zero-order chi connectivity index (χ0) is 21.6. The van der Waals surface area contributed by atoms with Gasteiger partial charge in [-0.15, -0.1) is 0 Å². The standard InChI is InChI=1S/C27H28O5/c1-4-10-20(11-5-1)16-28-19-23-24(29-17-21-12-6-2-7-13-21)25(26-27(31-23)32-26)30-18-22-14-8-3-9-15-22/h1-15,23-27H,16-19H2. The fourth-order valence-electron chi connectivity index (χ4n) is 4.03. The molecular formula is C27H28O5. The minimum absolute atomic E-state index is 0.107. The molecule has 0 spiro atoms. The van der Waals surface area contributed by atoms with Crippen LogP contribution in [0.4, 0.5) is 0 Å². The third kappa shape index (κ3) is 5.44. The average molecular weight is 433 g/mol. The largest absolute Gasteiger partial charge is 0.374 e. The van der Waals surface area contributed by atoms with E-state index < -0.39 is 0 Å². The number of hydrogen-bond acceptors (Lipinski definition) is 5. The van der Waals surface area contributed by atoms with E-state index >= 15 is 0 Å². The fourth-order valence-corrected chi connectivity index (χ4v) is 4.03. The predicted octanol–water partition coefficient (Wildman–Crippen LogP) is 4.50. The van der Waals surface area contributed by atoms with Crippen molar-refractivity contribution in [3.63, 3.8) is 0 Å². The number of benzene rings is 3. The maximum atomic E-state index is 6.37. The highest BCUT2D eigenvalue weighted by Gasteiger charge is 2.58. The van der Waals surface area contributed by atoms with E-state index in [2.05, 4.69) is 36.4 Å². The van der Waals surface area contributed by atoms with E-state index in [1.807, 2.05) is 54.6 Å². The van der Waals surface area contributed by atoms with Crippen LogP contribution < -0.4 is 0 Å². The third-order valence-electron chi connectivity index (χ3n) is 5.77. The molecule has 2 fully saturated rings. The Kier molecular flexibility index (Phi) is 6.92. The first-order valence-electron chi connectivity index (χ1n) is 11.1. The van der Waals surface area contributed by atoms with Crippen LogP contribution in [0.3, 0.4) is 0 Å². The van der Waals surface area contributed by atoms with Crippen molar-refractivity contribution < 1.29 is 23.7 Å². The molecule has 2 aliphatic heterocycles. The average Bonchev–Trinajstić information content (AvgIpc) is 3.63. The zero-order valence-electron chi connectivity index (χ0n) is 17.9. The maximum Gasteiger partial charge on any atom is 0.187 e. The van der Waals surface area contributed by atoms with Gasteiger partial charge in [0.05, 0.1) is 26.4 Å². The molecule has 0 aliphatic carbocycles. The lowest BCUT2D eigenvalue weighted by Crippen LogP contribution is -2.52. The summed E-state index contributed by atoms with van der Waals surface area (Å²) in [5, 5.41) is 0. The summed E-state index contributed by atoms with van der Waals surface area (Å²) < 4.78 is 30.6. The molecular weight excluding hydrogens is 404 g/mol. The van der Waals surface area contributed by atoms with Crippen LogP contribution in [0.5, 0.6) is 0 Å². The van der Waals surface area contributed by atoms with Crippen LogP contribution in [0.15, 0.2) is 91.0 Å². The molecule has 2 saturated heterocycles. The van der Waals surface area contributed by atoms with Gasteiger partial charge in [-0.3, -0.25) is 0 Å². The summed E-state index contributed by atoms with van der Waals surface area (Å²) in [4.78, 5) is 0. The smallest absolute Gasteiger partial charge is 0.187 e. The lowest BCUT2D eigenvalue weighted by Gasteiger charge is -2.35. The first-order valence-corrected chi connectivity index (χ1v) is 11.1. The van der Waals surface area contributed by atoms with Gasteiger partial charge in [-0.1, -0.05) is 91.0 Å². The minimum Gasteiger partial charge on any atom is -0.374 e. The molecule has 2 heterocycles. The van der Waals surface area contributed by atoms with E-state index in [4.69, 9.17) is 23.7 Å². The molecule has 0 radical (unpaired) electrons. The Labute approximate surface area is 188 Å². The van der Waals surface area contributed by atoms with Crippen molar-refractivity contribution in [2.75, 3.05) is 6.61 Å². The van der Waals surface area contributed by atoms with Crippen LogP contribution in [0.2, 0.25) is 0 Å². The molecule has 0 saturated carbocycles. The van der Waals surface area contributed by atoms with Crippen LogP contribution in [-0.4, -0.2) is 37.3 Å². The fraction of sp³-hybridized carbons (Fsp3) is 0.333. The molecule has 5 atom stereocenters. The Morgan fingerprint density at radius 3 is 1.62 bits per heavy atom. The second kappa shape index (κ2) is 10.4. The van der Waals surface area contributed by atoms with Gasteiger partial charge < -0.3 is 23.7 Å². The Balaban J connectivity index is 1.26. The number of fused-ring (bicyclic) bond motifs is 1. The Morgan fingerprint density at radius 2 is 1.06 bits per heavy atom. The Morgan fingerprint density at radius 1 is 0.562 bits per heavy atom. The van der Waals surface area contributed by atoms with Crippen molar-refractivity contribution in [1.82, 2.24) is 0 Å². The molecule has 3 aromatic carbocycles.